The first-order valence-electron chi connectivity index (χ1n) is 7.44. The molecule has 0 atom stereocenters. The number of aromatic nitrogens is 2. The van der Waals surface area contributed by atoms with Crippen molar-refractivity contribution >= 4 is 28.6 Å². The van der Waals surface area contributed by atoms with E-state index in [2.05, 4.69) is 15.5 Å². The number of nitrogens with one attached hydrogen (secondary N) is 1. The van der Waals surface area contributed by atoms with E-state index < -0.39 is 0 Å². The Morgan fingerprint density at radius 2 is 1.92 bits per heavy atom. The summed E-state index contributed by atoms with van der Waals surface area (Å²) in [6.45, 7) is 3.70. The highest BCUT2D eigenvalue weighted by atomic mass is 32.1. The van der Waals surface area contributed by atoms with Gasteiger partial charge in [0.2, 0.25) is 11.7 Å². The third kappa shape index (κ3) is 3.30. The standard InChI is InChI=1S/C17H18N4O2S/c1-10-14(9-15(24-10)16-18-11(2)23-20-16)19-17(22)12-5-7-13(8-6-12)21(3)4/h5-9H,1-4H3,(H,19,22). The zero-order chi connectivity index (χ0) is 17.3. The average molecular weight is 342 g/mol. The maximum Gasteiger partial charge on any atom is 0.255 e. The fourth-order valence-corrected chi connectivity index (χ4v) is 3.12. The smallest absolute Gasteiger partial charge is 0.255 e. The molecule has 0 spiro atoms. The van der Waals surface area contributed by atoms with Gasteiger partial charge in [0.1, 0.15) is 0 Å². The number of aryl methyl sites for hydroxylation is 2. The van der Waals surface area contributed by atoms with Gasteiger partial charge in [-0.25, -0.2) is 0 Å². The van der Waals surface area contributed by atoms with E-state index in [0.717, 1.165) is 21.1 Å². The molecule has 1 N–H and O–H groups in total. The van der Waals surface area contributed by atoms with Gasteiger partial charge in [0.25, 0.3) is 5.91 Å². The molecule has 0 unspecified atom stereocenters. The SMILES string of the molecule is Cc1nc(-c2cc(NC(=O)c3ccc(N(C)C)cc3)c(C)s2)no1. The summed E-state index contributed by atoms with van der Waals surface area (Å²) >= 11 is 1.52. The van der Waals surface area contributed by atoms with Crippen LogP contribution in [0.2, 0.25) is 0 Å². The molecule has 2 aromatic heterocycles. The van der Waals surface area contributed by atoms with E-state index in [1.165, 1.54) is 11.3 Å². The van der Waals surface area contributed by atoms with Crippen LogP contribution in [0.3, 0.4) is 0 Å². The predicted molar refractivity (Wildman–Crippen MR) is 95.8 cm³/mol. The van der Waals surface area contributed by atoms with Crippen LogP contribution in [0.1, 0.15) is 21.1 Å². The lowest BCUT2D eigenvalue weighted by molar-refractivity contribution is 0.102. The zero-order valence-electron chi connectivity index (χ0n) is 14.0. The minimum absolute atomic E-state index is 0.142. The zero-order valence-corrected chi connectivity index (χ0v) is 14.8. The van der Waals surface area contributed by atoms with Crippen molar-refractivity contribution in [2.45, 2.75) is 13.8 Å². The van der Waals surface area contributed by atoms with Crippen LogP contribution in [0.4, 0.5) is 11.4 Å². The van der Waals surface area contributed by atoms with Crippen LogP contribution in [0, 0.1) is 13.8 Å². The molecular weight excluding hydrogens is 324 g/mol. The van der Waals surface area contributed by atoms with Crippen molar-refractivity contribution in [3.05, 3.63) is 46.7 Å². The van der Waals surface area contributed by atoms with Crippen LogP contribution in [-0.4, -0.2) is 30.1 Å². The molecule has 0 aliphatic rings. The largest absolute Gasteiger partial charge is 0.378 e. The van der Waals surface area contributed by atoms with Crippen LogP contribution in [-0.2, 0) is 0 Å². The summed E-state index contributed by atoms with van der Waals surface area (Å²) in [7, 11) is 3.93. The minimum Gasteiger partial charge on any atom is -0.378 e. The van der Waals surface area contributed by atoms with E-state index >= 15 is 0 Å². The molecule has 0 saturated carbocycles. The molecule has 0 aliphatic carbocycles. The number of carbonyl (C=O) groups excluding carboxylic acids is 1. The summed E-state index contributed by atoms with van der Waals surface area (Å²) in [5, 5.41) is 6.85. The first-order chi connectivity index (χ1) is 11.4. The van der Waals surface area contributed by atoms with Gasteiger partial charge in [0.15, 0.2) is 0 Å². The number of benzene rings is 1. The summed E-state index contributed by atoms with van der Waals surface area (Å²) < 4.78 is 5.00. The van der Waals surface area contributed by atoms with Crippen LogP contribution >= 0.6 is 11.3 Å². The van der Waals surface area contributed by atoms with Gasteiger partial charge in [0, 0.05) is 37.1 Å². The minimum atomic E-state index is -0.142. The molecule has 0 aliphatic heterocycles. The summed E-state index contributed by atoms with van der Waals surface area (Å²) in [5.74, 6) is 0.913. The van der Waals surface area contributed by atoms with Crippen molar-refractivity contribution < 1.29 is 9.32 Å². The molecule has 6 nitrogen and oxygen atoms in total. The molecule has 7 heteroatoms. The van der Waals surface area contributed by atoms with Crippen molar-refractivity contribution in [3.8, 4) is 10.7 Å². The highest BCUT2D eigenvalue weighted by Gasteiger charge is 2.14. The Morgan fingerprint density at radius 1 is 1.21 bits per heavy atom. The van der Waals surface area contributed by atoms with Gasteiger partial charge in [-0.2, -0.15) is 4.98 Å². The summed E-state index contributed by atoms with van der Waals surface area (Å²) in [6.07, 6.45) is 0. The molecule has 2 heterocycles. The van der Waals surface area contributed by atoms with Crippen molar-refractivity contribution in [3.63, 3.8) is 0 Å². The molecule has 24 heavy (non-hydrogen) atoms. The number of amides is 1. The fourth-order valence-electron chi connectivity index (χ4n) is 2.22. The van der Waals surface area contributed by atoms with Gasteiger partial charge in [0.05, 0.1) is 10.6 Å². The number of hydrogen-bond donors (Lipinski definition) is 1. The second-order valence-corrected chi connectivity index (χ2v) is 6.87. The normalized spacial score (nSPS) is 10.7. The topological polar surface area (TPSA) is 71.3 Å². The Kier molecular flexibility index (Phi) is 4.35. The summed E-state index contributed by atoms with van der Waals surface area (Å²) in [5.41, 5.74) is 2.43. The second-order valence-electron chi connectivity index (χ2n) is 5.61. The lowest BCUT2D eigenvalue weighted by atomic mass is 10.2. The molecule has 124 valence electrons. The van der Waals surface area contributed by atoms with Gasteiger partial charge in [-0.1, -0.05) is 5.16 Å². The Hall–Kier alpha value is -2.67. The molecule has 1 aromatic carbocycles. The molecule has 3 rings (SSSR count). The summed E-state index contributed by atoms with van der Waals surface area (Å²) in [4.78, 5) is 20.5. The first-order valence-corrected chi connectivity index (χ1v) is 8.25. The fraction of sp³-hybridized carbons (Fsp3) is 0.235. The number of carbonyl (C=O) groups is 1. The van der Waals surface area contributed by atoms with Gasteiger partial charge in [-0.3, -0.25) is 4.79 Å². The van der Waals surface area contributed by atoms with Crippen molar-refractivity contribution in [1.82, 2.24) is 10.1 Å². The number of nitrogens with zero attached hydrogens (tertiary/aromatic N) is 3. The molecule has 3 aromatic rings. The third-order valence-corrected chi connectivity index (χ3v) is 4.61. The molecule has 1 amide bonds. The Labute approximate surface area is 144 Å². The lowest BCUT2D eigenvalue weighted by Gasteiger charge is -2.12. The Balaban J connectivity index is 1.78. The Bertz CT molecular complexity index is 865. The molecule has 0 fully saturated rings. The number of anilines is 2. The maximum absolute atomic E-state index is 12.4. The van der Waals surface area contributed by atoms with E-state index in [-0.39, 0.29) is 5.91 Å². The molecule has 0 saturated heterocycles. The monoisotopic (exact) mass is 342 g/mol. The van der Waals surface area contributed by atoms with Crippen LogP contribution in [0.15, 0.2) is 34.9 Å². The highest BCUT2D eigenvalue weighted by molar-refractivity contribution is 7.16. The van der Waals surface area contributed by atoms with Gasteiger partial charge >= 0.3 is 0 Å². The average Bonchev–Trinajstić information content (AvgIpc) is 3.14. The van der Waals surface area contributed by atoms with E-state index in [9.17, 15) is 4.79 Å². The van der Waals surface area contributed by atoms with Crippen LogP contribution < -0.4 is 10.2 Å². The maximum atomic E-state index is 12.4. The third-order valence-electron chi connectivity index (χ3n) is 3.56. The number of thiophene rings is 1. The lowest BCUT2D eigenvalue weighted by Crippen LogP contribution is -2.13. The van der Waals surface area contributed by atoms with E-state index in [4.69, 9.17) is 4.52 Å². The predicted octanol–water partition coefficient (Wildman–Crippen LogP) is 3.73. The number of hydrogen-bond acceptors (Lipinski definition) is 6. The van der Waals surface area contributed by atoms with Gasteiger partial charge in [-0.05, 0) is 37.3 Å². The highest BCUT2D eigenvalue weighted by Crippen LogP contribution is 2.33. The van der Waals surface area contributed by atoms with E-state index in [1.54, 1.807) is 6.92 Å². The van der Waals surface area contributed by atoms with Crippen LogP contribution in [0.25, 0.3) is 10.7 Å². The van der Waals surface area contributed by atoms with Crippen molar-refractivity contribution in [1.29, 1.82) is 0 Å². The van der Waals surface area contributed by atoms with E-state index in [1.807, 2.05) is 56.3 Å². The summed E-state index contributed by atoms with van der Waals surface area (Å²) in [6, 6.07) is 9.34. The molecule has 0 radical (unpaired) electrons. The van der Waals surface area contributed by atoms with E-state index in [0.29, 0.717) is 17.3 Å². The second kappa shape index (κ2) is 6.45. The molecule has 0 bridgehead atoms. The van der Waals surface area contributed by atoms with Gasteiger partial charge in [-0.15, -0.1) is 11.3 Å². The number of rotatable bonds is 4. The van der Waals surface area contributed by atoms with Crippen LogP contribution in [0.5, 0.6) is 0 Å². The first kappa shape index (κ1) is 16.2. The molecular formula is C17H18N4O2S. The van der Waals surface area contributed by atoms with Crippen molar-refractivity contribution in [2.24, 2.45) is 0 Å². The van der Waals surface area contributed by atoms with Gasteiger partial charge < -0.3 is 14.7 Å². The Morgan fingerprint density at radius 3 is 2.50 bits per heavy atom. The quantitative estimate of drug-likeness (QED) is 0.782. The van der Waals surface area contributed by atoms with Crippen molar-refractivity contribution in [2.75, 3.05) is 24.3 Å².